The summed E-state index contributed by atoms with van der Waals surface area (Å²) in [7, 11) is 0. The predicted molar refractivity (Wildman–Crippen MR) is 215 cm³/mol. The van der Waals surface area contributed by atoms with Crippen molar-refractivity contribution in [2.24, 2.45) is 5.92 Å². The van der Waals surface area contributed by atoms with E-state index in [2.05, 4.69) is 58.5 Å². The Labute approximate surface area is 318 Å². The average Bonchev–Trinajstić information content (AvgIpc) is 3.17. The molecule has 3 aromatic carbocycles. The molecule has 6 rings (SSSR count). The van der Waals surface area contributed by atoms with E-state index < -0.39 is 11.2 Å². The number of hydrogen-bond acceptors (Lipinski definition) is 7. The Kier molecular flexibility index (Phi) is 14.0. The lowest BCUT2D eigenvalue weighted by atomic mass is 9.94. The second-order valence-corrected chi connectivity index (χ2v) is 15.5. The molecule has 0 radical (unpaired) electrons. The fourth-order valence-electron chi connectivity index (χ4n) is 6.96. The van der Waals surface area contributed by atoms with Crippen LogP contribution in [0.15, 0.2) is 89.5 Å². The molecule has 0 saturated carbocycles. The van der Waals surface area contributed by atoms with Crippen molar-refractivity contribution in [2.45, 2.75) is 69.9 Å². The summed E-state index contributed by atoms with van der Waals surface area (Å²) < 4.78 is 30.4. The number of amides is 1. The molecule has 1 atom stereocenters. The van der Waals surface area contributed by atoms with Gasteiger partial charge in [0, 0.05) is 67.3 Å². The predicted octanol–water partition coefficient (Wildman–Crippen LogP) is 8.92. The Morgan fingerprint density at radius 3 is 2.51 bits per heavy atom. The van der Waals surface area contributed by atoms with Gasteiger partial charge in [-0.2, -0.15) is 0 Å². The number of ether oxygens (including phenoxy) is 3. The monoisotopic (exact) mass is 735 g/mol. The van der Waals surface area contributed by atoms with E-state index in [1.165, 1.54) is 0 Å². The lowest BCUT2D eigenvalue weighted by Gasteiger charge is -2.33. The number of nitrogens with one attached hydrogen (secondary N) is 1. The lowest BCUT2D eigenvalue weighted by molar-refractivity contribution is -0.112. The maximum absolute atomic E-state index is 13.8. The van der Waals surface area contributed by atoms with Gasteiger partial charge in [-0.1, -0.05) is 31.5 Å². The number of aromatic nitrogens is 1. The smallest absolute Gasteiger partial charge is 0.251 e. The number of nitrogens with zero attached hydrogens (tertiary/aromatic N) is 2. The zero-order chi connectivity index (χ0) is 37.0. The average molecular weight is 736 g/mol. The van der Waals surface area contributed by atoms with Crippen molar-refractivity contribution in [2.75, 3.05) is 56.3 Å². The third kappa shape index (κ3) is 10.7. The number of carbonyl (C=O) groups is 1. The van der Waals surface area contributed by atoms with Gasteiger partial charge in [0.15, 0.2) is 4.90 Å². The molecule has 1 N–H and O–H groups in total. The first kappa shape index (κ1) is 38.6. The van der Waals surface area contributed by atoms with Gasteiger partial charge in [0.2, 0.25) is 0 Å². The number of unbranched alkanes of at least 4 members (excludes halogenated alkanes) is 1. The summed E-state index contributed by atoms with van der Waals surface area (Å²) in [6.07, 6.45) is 9.72. The minimum atomic E-state index is -1.23. The highest BCUT2D eigenvalue weighted by Crippen LogP contribution is 2.34. The first-order chi connectivity index (χ1) is 25.9. The van der Waals surface area contributed by atoms with Crippen LogP contribution in [0.25, 0.3) is 17.2 Å². The number of rotatable bonds is 15. The summed E-state index contributed by atoms with van der Waals surface area (Å²) in [5, 5.41) is 3.12. The van der Waals surface area contributed by atoms with Crippen molar-refractivity contribution >= 4 is 34.5 Å². The van der Waals surface area contributed by atoms with Crippen LogP contribution in [0.4, 0.5) is 11.4 Å². The standard InChI is InChI=1S/C44H53N3O5S/c1-4-5-23-50-26-27-52-40-13-8-35(9-14-40)36-10-17-43-38(28-36)29-37(7-6-22-47(43)30-34-19-24-51-25-20-34)44(48)46-39-11-15-41(16-12-39)53(49)31-42-32(2)18-21-45-33(42)3/h8-18,21,28-29,34H,4-7,19-20,22-27,30-31H2,1-3H3,(H,46,48)/b37-29+/t53-/m1/s1. The molecular formula is C44H53N3O5S. The first-order valence-electron chi connectivity index (χ1n) is 19.1. The van der Waals surface area contributed by atoms with Crippen LogP contribution in [0.3, 0.4) is 0 Å². The van der Waals surface area contributed by atoms with E-state index in [1.54, 1.807) is 6.20 Å². The van der Waals surface area contributed by atoms with E-state index in [-0.39, 0.29) is 5.91 Å². The van der Waals surface area contributed by atoms with Gasteiger partial charge < -0.3 is 29.0 Å². The van der Waals surface area contributed by atoms with Gasteiger partial charge in [-0.25, -0.2) is 0 Å². The Morgan fingerprint density at radius 2 is 1.75 bits per heavy atom. The van der Waals surface area contributed by atoms with Crippen molar-refractivity contribution < 1.29 is 23.6 Å². The number of pyridine rings is 1. The molecule has 0 bridgehead atoms. The molecule has 4 aromatic rings. The quantitative estimate of drug-likeness (QED) is 0.0963. The Morgan fingerprint density at radius 1 is 0.981 bits per heavy atom. The van der Waals surface area contributed by atoms with Crippen molar-refractivity contribution in [3.63, 3.8) is 0 Å². The molecule has 53 heavy (non-hydrogen) atoms. The fraction of sp³-hybridized carbons (Fsp3) is 0.409. The summed E-state index contributed by atoms with van der Waals surface area (Å²) >= 11 is -1.23. The normalized spacial score (nSPS) is 16.5. The van der Waals surface area contributed by atoms with E-state index in [9.17, 15) is 9.35 Å². The van der Waals surface area contributed by atoms with E-state index in [1.807, 2.05) is 56.3 Å². The van der Waals surface area contributed by atoms with Gasteiger partial charge >= 0.3 is 0 Å². The van der Waals surface area contributed by atoms with Crippen LogP contribution in [0, 0.1) is 19.8 Å². The molecule has 2 aliphatic rings. The van der Waals surface area contributed by atoms with Gasteiger partial charge in [-0.3, -0.25) is 9.78 Å². The van der Waals surface area contributed by atoms with E-state index in [0.717, 1.165) is 120 Å². The topological polar surface area (TPSA) is 96.0 Å². The largest absolute Gasteiger partial charge is 0.611 e. The van der Waals surface area contributed by atoms with Crippen LogP contribution in [0.5, 0.6) is 5.75 Å². The maximum atomic E-state index is 13.8. The molecule has 9 heteroatoms. The minimum absolute atomic E-state index is 0.116. The van der Waals surface area contributed by atoms with Crippen LogP contribution in [0.2, 0.25) is 0 Å². The molecule has 0 unspecified atom stereocenters. The Balaban J connectivity index is 1.18. The van der Waals surface area contributed by atoms with Gasteiger partial charge in [0.05, 0.1) is 6.61 Å². The molecule has 8 nitrogen and oxygen atoms in total. The molecule has 0 spiro atoms. The number of hydrogen-bond donors (Lipinski definition) is 1. The number of anilines is 2. The Hall–Kier alpha value is -4.15. The molecule has 280 valence electrons. The van der Waals surface area contributed by atoms with Crippen molar-refractivity contribution in [1.82, 2.24) is 4.98 Å². The molecular weight excluding hydrogens is 683 g/mol. The minimum Gasteiger partial charge on any atom is -0.611 e. The number of benzene rings is 3. The van der Waals surface area contributed by atoms with Crippen LogP contribution in [-0.4, -0.2) is 61.6 Å². The molecule has 1 saturated heterocycles. The molecule has 0 aliphatic carbocycles. The lowest BCUT2D eigenvalue weighted by Crippen LogP contribution is -2.34. The summed E-state index contributed by atoms with van der Waals surface area (Å²) in [4.78, 5) is 21.4. The zero-order valence-corrected chi connectivity index (χ0v) is 32.2. The molecule has 1 aromatic heterocycles. The highest BCUT2D eigenvalue weighted by molar-refractivity contribution is 7.90. The van der Waals surface area contributed by atoms with Crippen LogP contribution in [-0.2, 0) is 31.2 Å². The summed E-state index contributed by atoms with van der Waals surface area (Å²) in [5.41, 5.74) is 8.78. The number of aryl methyl sites for hydroxylation is 2. The van der Waals surface area contributed by atoms with Crippen LogP contribution >= 0.6 is 0 Å². The van der Waals surface area contributed by atoms with Gasteiger partial charge in [0.1, 0.15) is 18.1 Å². The second-order valence-electron chi connectivity index (χ2n) is 14.0. The maximum Gasteiger partial charge on any atom is 0.251 e. The summed E-state index contributed by atoms with van der Waals surface area (Å²) in [6.45, 7) is 11.5. The summed E-state index contributed by atoms with van der Waals surface area (Å²) in [5.74, 6) is 1.69. The van der Waals surface area contributed by atoms with Crippen molar-refractivity contribution in [1.29, 1.82) is 0 Å². The third-order valence-electron chi connectivity index (χ3n) is 10.2. The highest BCUT2D eigenvalue weighted by atomic mass is 32.2. The summed E-state index contributed by atoms with van der Waals surface area (Å²) in [6, 6.07) is 24.1. The van der Waals surface area contributed by atoms with Gasteiger partial charge in [0.25, 0.3) is 5.91 Å². The first-order valence-corrected chi connectivity index (χ1v) is 20.4. The zero-order valence-electron chi connectivity index (χ0n) is 31.4. The van der Waals surface area contributed by atoms with E-state index in [4.69, 9.17) is 14.2 Å². The van der Waals surface area contributed by atoms with Crippen LogP contribution < -0.4 is 15.0 Å². The van der Waals surface area contributed by atoms with Crippen molar-refractivity contribution in [3.8, 4) is 16.9 Å². The molecule has 3 heterocycles. The molecule has 1 fully saturated rings. The molecule has 2 aliphatic heterocycles. The van der Waals surface area contributed by atoms with E-state index in [0.29, 0.717) is 37.0 Å². The highest BCUT2D eigenvalue weighted by Gasteiger charge is 2.23. The van der Waals surface area contributed by atoms with E-state index >= 15 is 0 Å². The number of fused-ring (bicyclic) bond motifs is 1. The Bertz CT molecular complexity index is 1800. The van der Waals surface area contributed by atoms with Crippen molar-refractivity contribution in [3.05, 3.63) is 107 Å². The van der Waals surface area contributed by atoms with Crippen LogP contribution in [0.1, 0.15) is 67.8 Å². The second kappa shape index (κ2) is 19.3. The third-order valence-corrected chi connectivity index (χ3v) is 11.5. The SMILES string of the molecule is CCCCOCCOc1ccc(-c2ccc3c(c2)/C=C(/C(=O)Nc2ccc([S@+]([O-])Cc4c(C)ccnc4C)cc2)CCCN3CC2CCOCC2)cc1. The van der Waals surface area contributed by atoms with Gasteiger partial charge in [-0.05, 0) is 146 Å². The number of carbonyl (C=O) groups excluding carboxylic acids is 1. The van der Waals surface area contributed by atoms with Gasteiger partial charge in [-0.15, -0.1) is 0 Å². The molecule has 1 amide bonds. The fourth-order valence-corrected chi connectivity index (χ4v) is 8.26.